The Hall–Kier alpha value is -2.82. The van der Waals surface area contributed by atoms with Crippen LogP contribution in [0.15, 0.2) is 42.5 Å². The predicted octanol–water partition coefficient (Wildman–Crippen LogP) is 3.25. The van der Waals surface area contributed by atoms with E-state index >= 15 is 0 Å². The molecule has 3 N–H and O–H groups in total. The van der Waals surface area contributed by atoms with Crippen LogP contribution >= 0.6 is 0 Å². The van der Waals surface area contributed by atoms with E-state index in [0.717, 1.165) is 12.0 Å². The number of likely N-dealkylation sites (tertiary alicyclic amines) is 1. The molecule has 2 aromatic carbocycles. The third-order valence-corrected chi connectivity index (χ3v) is 7.30. The Labute approximate surface area is 165 Å². The van der Waals surface area contributed by atoms with Crippen molar-refractivity contribution >= 4 is 11.8 Å². The Balaban J connectivity index is 1.73. The van der Waals surface area contributed by atoms with Gasteiger partial charge in [-0.25, -0.2) is 0 Å². The van der Waals surface area contributed by atoms with E-state index in [1.54, 1.807) is 30.3 Å². The molecule has 1 saturated heterocycles. The van der Waals surface area contributed by atoms with Gasteiger partial charge in [-0.05, 0) is 59.7 Å². The van der Waals surface area contributed by atoms with Gasteiger partial charge in [-0.3, -0.25) is 9.59 Å². The number of phenols is 1. The van der Waals surface area contributed by atoms with Crippen LogP contribution in [0.5, 0.6) is 5.75 Å². The van der Waals surface area contributed by atoms with E-state index in [1.165, 1.54) is 5.56 Å². The largest absolute Gasteiger partial charge is 0.508 e. The molecule has 0 aromatic heterocycles. The molecular formula is C23H26N2O3. The summed E-state index contributed by atoms with van der Waals surface area (Å²) in [6.45, 7) is 7.36. The fourth-order valence-corrected chi connectivity index (χ4v) is 5.11. The Kier molecular flexibility index (Phi) is 4.03. The summed E-state index contributed by atoms with van der Waals surface area (Å²) in [7, 11) is 0. The van der Waals surface area contributed by atoms with E-state index in [-0.39, 0.29) is 22.8 Å². The highest BCUT2D eigenvalue weighted by Gasteiger charge is 2.57. The average molecular weight is 378 g/mol. The van der Waals surface area contributed by atoms with Gasteiger partial charge in [0.15, 0.2) is 0 Å². The lowest BCUT2D eigenvalue weighted by atomic mass is 9.51. The van der Waals surface area contributed by atoms with E-state index in [4.69, 9.17) is 5.73 Å². The van der Waals surface area contributed by atoms with Crippen LogP contribution in [0, 0.1) is 5.41 Å². The minimum absolute atomic E-state index is 0.0182. The number of aromatic hydroxyl groups is 1. The molecule has 0 unspecified atom stereocenters. The highest BCUT2D eigenvalue weighted by molar-refractivity contribution is 5.97. The van der Waals surface area contributed by atoms with Crippen molar-refractivity contribution in [2.75, 3.05) is 6.54 Å². The summed E-state index contributed by atoms with van der Waals surface area (Å²) in [5.41, 5.74) is 8.13. The monoisotopic (exact) mass is 378 g/mol. The molecular weight excluding hydrogens is 352 g/mol. The quantitative estimate of drug-likeness (QED) is 0.841. The van der Waals surface area contributed by atoms with Crippen LogP contribution in [0.4, 0.5) is 0 Å². The average Bonchev–Trinajstić information content (AvgIpc) is 2.65. The van der Waals surface area contributed by atoms with Crippen LogP contribution in [0.3, 0.4) is 0 Å². The Bertz CT molecular complexity index is 964. The number of benzene rings is 2. The molecule has 0 saturated carbocycles. The van der Waals surface area contributed by atoms with Gasteiger partial charge in [0.2, 0.25) is 5.91 Å². The number of primary amides is 1. The molecule has 2 bridgehead atoms. The molecule has 0 spiro atoms. The molecule has 28 heavy (non-hydrogen) atoms. The first-order valence-electron chi connectivity index (χ1n) is 9.69. The number of nitrogens with two attached hydrogens (primary N) is 1. The third kappa shape index (κ3) is 2.45. The number of phenolic OH excluding ortho intramolecular Hbond substituents is 1. The lowest BCUT2D eigenvalue weighted by molar-refractivity contribution is -0.0266. The van der Waals surface area contributed by atoms with Crippen molar-refractivity contribution in [3.63, 3.8) is 0 Å². The van der Waals surface area contributed by atoms with Gasteiger partial charge in [0.25, 0.3) is 5.91 Å². The summed E-state index contributed by atoms with van der Waals surface area (Å²) in [5.74, 6) is -0.243. The first-order valence-corrected chi connectivity index (χ1v) is 9.69. The number of carbonyl (C=O) groups is 2. The van der Waals surface area contributed by atoms with Crippen molar-refractivity contribution in [3.05, 3.63) is 64.7 Å². The number of amides is 2. The molecule has 5 heteroatoms. The van der Waals surface area contributed by atoms with E-state index in [1.807, 2.05) is 11.0 Å². The summed E-state index contributed by atoms with van der Waals surface area (Å²) in [6, 6.07) is 12.3. The molecule has 2 aliphatic rings. The Morgan fingerprint density at radius 1 is 1.07 bits per heavy atom. The van der Waals surface area contributed by atoms with Gasteiger partial charge < -0.3 is 15.7 Å². The van der Waals surface area contributed by atoms with Crippen LogP contribution < -0.4 is 5.73 Å². The van der Waals surface area contributed by atoms with E-state index in [2.05, 4.69) is 26.8 Å². The minimum Gasteiger partial charge on any atom is -0.508 e. The SMILES string of the molecule is CC1(C)[C@H]2Cc3c(O)cccc3[C@@]1(C)CCN2C(=O)c1ccc(C(N)=O)cc1. The van der Waals surface area contributed by atoms with Crippen LogP contribution in [0.1, 0.15) is 59.0 Å². The van der Waals surface area contributed by atoms with Gasteiger partial charge in [-0.2, -0.15) is 0 Å². The standard InChI is InChI=1S/C23H26N2O3/c1-22(2)19-13-16-17(5-4-6-18(16)26)23(22,3)11-12-25(19)21(28)15-9-7-14(8-10-15)20(24)27/h4-10,19,26H,11-13H2,1-3H3,(H2,24,27)/t19-,23-/m1/s1. The van der Waals surface area contributed by atoms with Crippen molar-refractivity contribution in [1.82, 2.24) is 4.90 Å². The van der Waals surface area contributed by atoms with Crippen molar-refractivity contribution in [2.24, 2.45) is 11.1 Å². The summed E-state index contributed by atoms with van der Waals surface area (Å²) >= 11 is 0. The van der Waals surface area contributed by atoms with Crippen LogP contribution in [-0.4, -0.2) is 34.4 Å². The number of fused-ring (bicyclic) bond motifs is 4. The highest BCUT2D eigenvalue weighted by atomic mass is 16.3. The molecule has 4 rings (SSSR count). The molecule has 1 heterocycles. The summed E-state index contributed by atoms with van der Waals surface area (Å²) in [6.07, 6.45) is 1.47. The summed E-state index contributed by atoms with van der Waals surface area (Å²) in [5, 5.41) is 10.5. The number of hydrogen-bond acceptors (Lipinski definition) is 3. The number of hydrogen-bond donors (Lipinski definition) is 2. The topological polar surface area (TPSA) is 83.6 Å². The van der Waals surface area contributed by atoms with Crippen molar-refractivity contribution < 1.29 is 14.7 Å². The predicted molar refractivity (Wildman–Crippen MR) is 107 cm³/mol. The minimum atomic E-state index is -0.506. The smallest absolute Gasteiger partial charge is 0.254 e. The van der Waals surface area contributed by atoms with Crippen LogP contribution in [0.25, 0.3) is 0 Å². The van der Waals surface area contributed by atoms with Gasteiger partial charge >= 0.3 is 0 Å². The van der Waals surface area contributed by atoms with E-state index in [0.29, 0.717) is 29.8 Å². The third-order valence-electron chi connectivity index (χ3n) is 7.30. The maximum Gasteiger partial charge on any atom is 0.254 e. The maximum absolute atomic E-state index is 13.3. The second kappa shape index (κ2) is 6.09. The zero-order chi connectivity index (χ0) is 20.3. The highest BCUT2D eigenvalue weighted by Crippen LogP contribution is 2.57. The first-order chi connectivity index (χ1) is 13.2. The molecule has 1 aliphatic heterocycles. The number of carbonyl (C=O) groups excluding carboxylic acids is 2. The molecule has 5 nitrogen and oxygen atoms in total. The molecule has 1 fully saturated rings. The molecule has 1 aliphatic carbocycles. The molecule has 2 amide bonds. The number of nitrogens with zero attached hydrogens (tertiary/aromatic N) is 1. The maximum atomic E-state index is 13.3. The van der Waals surface area contributed by atoms with Gasteiger partial charge in [-0.15, -0.1) is 0 Å². The second-order valence-electron chi connectivity index (χ2n) is 8.77. The lowest BCUT2D eigenvalue weighted by Gasteiger charge is -2.60. The Morgan fingerprint density at radius 3 is 2.36 bits per heavy atom. The van der Waals surface area contributed by atoms with Gasteiger partial charge in [0.1, 0.15) is 5.75 Å². The Morgan fingerprint density at radius 2 is 1.71 bits per heavy atom. The fourth-order valence-electron chi connectivity index (χ4n) is 5.11. The van der Waals surface area contributed by atoms with Crippen molar-refractivity contribution in [2.45, 2.75) is 45.1 Å². The van der Waals surface area contributed by atoms with E-state index in [9.17, 15) is 14.7 Å². The van der Waals surface area contributed by atoms with Gasteiger partial charge in [0.05, 0.1) is 0 Å². The van der Waals surface area contributed by atoms with Crippen molar-refractivity contribution in [1.29, 1.82) is 0 Å². The van der Waals surface area contributed by atoms with E-state index < -0.39 is 5.91 Å². The summed E-state index contributed by atoms with van der Waals surface area (Å²) in [4.78, 5) is 26.6. The van der Waals surface area contributed by atoms with Crippen molar-refractivity contribution in [3.8, 4) is 5.75 Å². The normalized spacial score (nSPS) is 25.1. The lowest BCUT2D eigenvalue weighted by Crippen LogP contribution is -2.64. The first kappa shape index (κ1) is 18.5. The van der Waals surface area contributed by atoms with Gasteiger partial charge in [-0.1, -0.05) is 32.9 Å². The van der Waals surface area contributed by atoms with Crippen LogP contribution in [0.2, 0.25) is 0 Å². The molecule has 2 aromatic rings. The number of rotatable bonds is 2. The zero-order valence-corrected chi connectivity index (χ0v) is 16.5. The van der Waals surface area contributed by atoms with Gasteiger partial charge in [0, 0.05) is 29.1 Å². The van der Waals surface area contributed by atoms with Crippen LogP contribution in [-0.2, 0) is 11.8 Å². The summed E-state index contributed by atoms with van der Waals surface area (Å²) < 4.78 is 0. The fraction of sp³-hybridized carbons (Fsp3) is 0.391. The molecule has 2 atom stereocenters. The molecule has 0 radical (unpaired) electrons. The number of piperidine rings is 1. The zero-order valence-electron chi connectivity index (χ0n) is 16.5. The molecule has 146 valence electrons. The second-order valence-corrected chi connectivity index (χ2v) is 8.77.